The van der Waals surface area contributed by atoms with Crippen molar-refractivity contribution >= 4 is 5.97 Å². The van der Waals surface area contributed by atoms with E-state index in [0.717, 1.165) is 13.0 Å². The molecule has 0 aliphatic carbocycles. The number of carbonyl (C=O) groups excluding carboxylic acids is 1. The molecule has 6 nitrogen and oxygen atoms in total. The van der Waals surface area contributed by atoms with E-state index in [1.165, 1.54) is 26.4 Å². The first kappa shape index (κ1) is 20.3. The fourth-order valence-electron chi connectivity index (χ4n) is 1.51. The van der Waals surface area contributed by atoms with E-state index >= 15 is 0 Å². The molecule has 0 aliphatic heterocycles. The van der Waals surface area contributed by atoms with Gasteiger partial charge in [0.05, 0.1) is 46.8 Å². The van der Waals surface area contributed by atoms with Gasteiger partial charge in [-0.15, -0.1) is 0 Å². The predicted octanol–water partition coefficient (Wildman–Crippen LogP) is 1.81. The van der Waals surface area contributed by atoms with E-state index in [1.807, 2.05) is 0 Å². The normalized spacial score (nSPS) is 10.8. The summed E-state index contributed by atoms with van der Waals surface area (Å²) in [6, 6.07) is 0. The van der Waals surface area contributed by atoms with Crippen molar-refractivity contribution in [2.24, 2.45) is 0 Å². The van der Waals surface area contributed by atoms with Gasteiger partial charge in [0.1, 0.15) is 6.61 Å². The quantitative estimate of drug-likeness (QED) is 0.320. The summed E-state index contributed by atoms with van der Waals surface area (Å²) in [5.41, 5.74) is 0. The van der Waals surface area contributed by atoms with Gasteiger partial charge in [-0.05, 0) is 6.42 Å². The predicted molar refractivity (Wildman–Crippen MR) is 79.4 cm³/mol. The first-order valence-corrected chi connectivity index (χ1v) is 7.69. The van der Waals surface area contributed by atoms with Gasteiger partial charge < -0.3 is 23.7 Å². The first-order chi connectivity index (χ1) is 10.3. The minimum absolute atomic E-state index is 0.0358. The Kier molecular flexibility index (Phi) is 16.8. The summed E-state index contributed by atoms with van der Waals surface area (Å²) < 4.78 is 25.5. The lowest BCUT2D eigenvalue weighted by Crippen LogP contribution is -2.15. The third kappa shape index (κ3) is 17.3. The molecule has 0 rings (SSSR count). The Hall–Kier alpha value is -0.690. The molecule has 0 atom stereocenters. The molecule has 0 radical (unpaired) electrons. The van der Waals surface area contributed by atoms with Crippen molar-refractivity contribution in [2.45, 2.75) is 32.6 Å². The van der Waals surface area contributed by atoms with Gasteiger partial charge in [0.2, 0.25) is 0 Å². The Bertz CT molecular complexity index is 222. The molecule has 0 fully saturated rings. The molecule has 0 spiro atoms. The van der Waals surface area contributed by atoms with Gasteiger partial charge in [-0.25, -0.2) is 4.79 Å². The number of esters is 1. The molecule has 6 heteroatoms. The maximum atomic E-state index is 10.7. The number of hydrogen-bond acceptors (Lipinski definition) is 6. The molecule has 0 aliphatic rings. The summed E-state index contributed by atoms with van der Waals surface area (Å²) in [5.74, 6) is -0.381. The van der Waals surface area contributed by atoms with Crippen molar-refractivity contribution in [1.29, 1.82) is 0 Å². The number of hydrogen-bond donors (Lipinski definition) is 0. The zero-order valence-electron chi connectivity index (χ0n) is 13.4. The van der Waals surface area contributed by atoms with Gasteiger partial charge in [0.15, 0.2) is 0 Å². The van der Waals surface area contributed by atoms with Gasteiger partial charge in [0, 0.05) is 6.61 Å². The number of rotatable bonds is 16. The fraction of sp³-hybridized carbons (Fsp3) is 0.933. The van der Waals surface area contributed by atoms with Crippen LogP contribution in [0.15, 0.2) is 0 Å². The monoisotopic (exact) mass is 306 g/mol. The van der Waals surface area contributed by atoms with Crippen molar-refractivity contribution in [3.8, 4) is 0 Å². The van der Waals surface area contributed by atoms with Crippen LogP contribution < -0.4 is 0 Å². The molecule has 0 aromatic rings. The van der Waals surface area contributed by atoms with Gasteiger partial charge in [-0.2, -0.15) is 0 Å². The summed E-state index contributed by atoms with van der Waals surface area (Å²) in [6.45, 7) is 6.06. The highest BCUT2D eigenvalue weighted by atomic mass is 16.6. The van der Waals surface area contributed by atoms with E-state index in [1.54, 1.807) is 0 Å². The maximum Gasteiger partial charge on any atom is 0.331 e. The van der Waals surface area contributed by atoms with Gasteiger partial charge in [-0.3, -0.25) is 0 Å². The van der Waals surface area contributed by atoms with Crippen molar-refractivity contribution in [2.75, 3.05) is 60.0 Å². The van der Waals surface area contributed by atoms with Crippen LogP contribution in [0.5, 0.6) is 0 Å². The third-order valence-electron chi connectivity index (χ3n) is 2.71. The highest BCUT2D eigenvalue weighted by molar-refractivity contribution is 5.70. The second-order valence-electron chi connectivity index (χ2n) is 4.53. The topological polar surface area (TPSA) is 63.2 Å². The standard InChI is InChI=1S/C15H30O6/c1-3-4-5-6-7-18-8-9-19-10-11-20-12-13-21-14-15(16)17-2/h3-14H2,1-2H3. The number of carbonyl (C=O) groups is 1. The smallest absolute Gasteiger partial charge is 0.331 e. The van der Waals surface area contributed by atoms with Crippen molar-refractivity contribution in [3.63, 3.8) is 0 Å². The van der Waals surface area contributed by atoms with Crippen LogP contribution in [-0.4, -0.2) is 65.9 Å². The second-order valence-corrected chi connectivity index (χ2v) is 4.53. The molecule has 0 heterocycles. The van der Waals surface area contributed by atoms with E-state index in [4.69, 9.17) is 18.9 Å². The molecular formula is C15H30O6. The SMILES string of the molecule is CCCCCCOCCOCCOCCOCC(=O)OC. The summed E-state index contributed by atoms with van der Waals surface area (Å²) in [5, 5.41) is 0. The van der Waals surface area contributed by atoms with E-state index in [2.05, 4.69) is 11.7 Å². The van der Waals surface area contributed by atoms with Crippen LogP contribution in [0.2, 0.25) is 0 Å². The molecule has 0 unspecified atom stereocenters. The number of ether oxygens (including phenoxy) is 5. The minimum Gasteiger partial charge on any atom is -0.467 e. The van der Waals surface area contributed by atoms with Gasteiger partial charge in [0.25, 0.3) is 0 Å². The fourth-order valence-corrected chi connectivity index (χ4v) is 1.51. The van der Waals surface area contributed by atoms with Gasteiger partial charge >= 0.3 is 5.97 Å². The average molecular weight is 306 g/mol. The lowest BCUT2D eigenvalue weighted by Gasteiger charge is -2.07. The molecular weight excluding hydrogens is 276 g/mol. The average Bonchev–Trinajstić information content (AvgIpc) is 2.50. The van der Waals surface area contributed by atoms with Gasteiger partial charge in [-0.1, -0.05) is 26.2 Å². The molecule has 0 amide bonds. The Labute approximate surface area is 128 Å². The molecule has 0 bridgehead atoms. The minimum atomic E-state index is -0.381. The van der Waals surface area contributed by atoms with Crippen LogP contribution >= 0.6 is 0 Å². The van der Waals surface area contributed by atoms with Crippen LogP contribution in [0.4, 0.5) is 0 Å². The summed E-state index contributed by atoms with van der Waals surface area (Å²) in [4.78, 5) is 10.7. The zero-order chi connectivity index (χ0) is 15.6. The lowest BCUT2D eigenvalue weighted by atomic mass is 10.2. The summed E-state index contributed by atoms with van der Waals surface area (Å²) in [7, 11) is 1.33. The molecule has 21 heavy (non-hydrogen) atoms. The Morgan fingerprint density at radius 2 is 1.24 bits per heavy atom. The summed E-state index contributed by atoms with van der Waals surface area (Å²) in [6.07, 6.45) is 4.89. The Balaban J connectivity index is 2.98. The van der Waals surface area contributed by atoms with E-state index in [0.29, 0.717) is 39.6 Å². The van der Waals surface area contributed by atoms with Crippen LogP contribution in [-0.2, 0) is 28.5 Å². The molecule has 0 saturated carbocycles. The lowest BCUT2D eigenvalue weighted by molar-refractivity contribution is -0.146. The molecule has 0 aromatic heterocycles. The Morgan fingerprint density at radius 3 is 1.76 bits per heavy atom. The highest BCUT2D eigenvalue weighted by Crippen LogP contribution is 1.98. The zero-order valence-corrected chi connectivity index (χ0v) is 13.4. The number of methoxy groups -OCH3 is 1. The first-order valence-electron chi connectivity index (χ1n) is 7.69. The molecule has 126 valence electrons. The molecule has 0 saturated heterocycles. The highest BCUT2D eigenvalue weighted by Gasteiger charge is 1.98. The summed E-state index contributed by atoms with van der Waals surface area (Å²) >= 11 is 0. The van der Waals surface area contributed by atoms with Crippen molar-refractivity contribution in [3.05, 3.63) is 0 Å². The molecule has 0 aromatic carbocycles. The van der Waals surface area contributed by atoms with Crippen molar-refractivity contribution in [1.82, 2.24) is 0 Å². The van der Waals surface area contributed by atoms with Crippen LogP contribution in [0.3, 0.4) is 0 Å². The van der Waals surface area contributed by atoms with Crippen LogP contribution in [0.1, 0.15) is 32.6 Å². The third-order valence-corrected chi connectivity index (χ3v) is 2.71. The van der Waals surface area contributed by atoms with Crippen LogP contribution in [0.25, 0.3) is 0 Å². The van der Waals surface area contributed by atoms with E-state index in [-0.39, 0.29) is 12.6 Å². The van der Waals surface area contributed by atoms with Crippen LogP contribution in [0, 0.1) is 0 Å². The second kappa shape index (κ2) is 17.4. The largest absolute Gasteiger partial charge is 0.467 e. The van der Waals surface area contributed by atoms with E-state index in [9.17, 15) is 4.79 Å². The van der Waals surface area contributed by atoms with Crippen molar-refractivity contribution < 1.29 is 28.5 Å². The van der Waals surface area contributed by atoms with E-state index < -0.39 is 0 Å². The maximum absolute atomic E-state index is 10.7. The Morgan fingerprint density at radius 1 is 0.714 bits per heavy atom. The molecule has 0 N–H and O–H groups in total. The number of unbranched alkanes of at least 4 members (excludes halogenated alkanes) is 3.